The van der Waals surface area contributed by atoms with Gasteiger partial charge in [0.25, 0.3) is 11.7 Å². The quantitative estimate of drug-likeness (QED) is 0.664. The molecule has 0 saturated carbocycles. The summed E-state index contributed by atoms with van der Waals surface area (Å²) in [6.07, 6.45) is 3.07. The molecule has 0 unspecified atom stereocenters. The molecule has 0 spiro atoms. The summed E-state index contributed by atoms with van der Waals surface area (Å²) in [5.41, 5.74) is 2.05. The number of carbonyl (C=O) groups is 2. The molecule has 0 saturated heterocycles. The summed E-state index contributed by atoms with van der Waals surface area (Å²) < 4.78 is 1.58. The first-order valence-electron chi connectivity index (χ1n) is 5.76. The highest BCUT2D eigenvalue weighted by Crippen LogP contribution is 2.14. The molecular weight excluding hydrogens is 244 g/mol. The molecule has 2 aromatic rings. The van der Waals surface area contributed by atoms with E-state index in [0.29, 0.717) is 22.6 Å². The van der Waals surface area contributed by atoms with Crippen LogP contribution < -0.4 is 5.32 Å². The number of carbonyl (C=O) groups excluding carboxylic acids is 2. The maximum Gasteiger partial charge on any atom is 0.296 e. The highest BCUT2D eigenvalue weighted by atomic mass is 16.2. The molecule has 0 atom stereocenters. The molecule has 0 radical (unpaired) electrons. The fourth-order valence-electron chi connectivity index (χ4n) is 1.84. The number of ketones is 1. The molecule has 98 valence electrons. The van der Waals surface area contributed by atoms with Crippen LogP contribution in [0.3, 0.4) is 0 Å². The van der Waals surface area contributed by atoms with Crippen LogP contribution in [0.2, 0.25) is 0 Å². The van der Waals surface area contributed by atoms with Crippen LogP contribution >= 0.6 is 0 Å². The van der Waals surface area contributed by atoms with Crippen LogP contribution in [-0.4, -0.2) is 26.5 Å². The van der Waals surface area contributed by atoms with Gasteiger partial charge >= 0.3 is 0 Å². The number of nitrogens with one attached hydrogen (secondary N) is 1. The lowest BCUT2D eigenvalue weighted by Crippen LogP contribution is -2.24. The summed E-state index contributed by atoms with van der Waals surface area (Å²) in [7, 11) is 1.73. The van der Waals surface area contributed by atoms with Crippen molar-refractivity contribution in [2.75, 3.05) is 5.32 Å². The topological polar surface area (TPSA) is 76.9 Å². The number of Topliss-reactive ketones (excluding diaryl/α,β-unsaturated/α-hetero) is 1. The van der Waals surface area contributed by atoms with E-state index >= 15 is 0 Å². The molecule has 2 aromatic heterocycles. The number of aryl methyl sites for hydroxylation is 2. The molecule has 1 amide bonds. The zero-order valence-corrected chi connectivity index (χ0v) is 11.0. The summed E-state index contributed by atoms with van der Waals surface area (Å²) in [5, 5.41) is 6.64. The summed E-state index contributed by atoms with van der Waals surface area (Å²) >= 11 is 0. The van der Waals surface area contributed by atoms with Crippen molar-refractivity contribution in [2.45, 2.75) is 13.8 Å². The predicted octanol–water partition coefficient (Wildman–Crippen LogP) is 1.25. The first-order chi connectivity index (χ1) is 9.00. The Morgan fingerprint density at radius 2 is 2.05 bits per heavy atom. The van der Waals surface area contributed by atoms with Gasteiger partial charge in [-0.05, 0) is 26.0 Å². The Balaban J connectivity index is 2.23. The smallest absolute Gasteiger partial charge is 0.296 e. The second-order valence-electron chi connectivity index (χ2n) is 4.19. The van der Waals surface area contributed by atoms with E-state index in [1.165, 1.54) is 6.20 Å². The molecule has 0 aliphatic rings. The number of pyridine rings is 1. The fraction of sp³-hybridized carbons (Fsp3) is 0.231. The van der Waals surface area contributed by atoms with Crippen LogP contribution in [-0.2, 0) is 11.8 Å². The molecule has 0 aromatic carbocycles. The van der Waals surface area contributed by atoms with Gasteiger partial charge in [-0.25, -0.2) is 0 Å². The van der Waals surface area contributed by atoms with Crippen LogP contribution in [0.4, 0.5) is 5.69 Å². The molecule has 19 heavy (non-hydrogen) atoms. The lowest BCUT2D eigenvalue weighted by atomic mass is 10.1. The average Bonchev–Trinajstić information content (AvgIpc) is 2.63. The summed E-state index contributed by atoms with van der Waals surface area (Å²) in [6, 6.07) is 3.35. The van der Waals surface area contributed by atoms with Crippen molar-refractivity contribution in [3.63, 3.8) is 0 Å². The molecule has 6 nitrogen and oxygen atoms in total. The van der Waals surface area contributed by atoms with Crippen molar-refractivity contribution >= 4 is 17.4 Å². The van der Waals surface area contributed by atoms with Gasteiger partial charge in [0.2, 0.25) is 0 Å². The molecule has 1 N–H and O–H groups in total. The van der Waals surface area contributed by atoms with Crippen molar-refractivity contribution in [1.82, 2.24) is 14.8 Å². The largest absolute Gasteiger partial charge is 0.318 e. The van der Waals surface area contributed by atoms with Crippen molar-refractivity contribution in [1.29, 1.82) is 0 Å². The van der Waals surface area contributed by atoms with Crippen LogP contribution in [0.25, 0.3) is 0 Å². The second-order valence-corrected chi connectivity index (χ2v) is 4.19. The molecule has 6 heteroatoms. The zero-order valence-electron chi connectivity index (χ0n) is 11.0. The van der Waals surface area contributed by atoms with E-state index in [-0.39, 0.29) is 0 Å². The van der Waals surface area contributed by atoms with E-state index in [2.05, 4.69) is 15.4 Å². The van der Waals surface area contributed by atoms with Gasteiger partial charge in [-0.2, -0.15) is 5.10 Å². The molecule has 0 aliphatic heterocycles. The van der Waals surface area contributed by atoms with E-state index in [4.69, 9.17) is 0 Å². The second kappa shape index (κ2) is 5.01. The number of hydrogen-bond acceptors (Lipinski definition) is 4. The maximum atomic E-state index is 12.1. The number of amides is 1. The van der Waals surface area contributed by atoms with Crippen LogP contribution in [0, 0.1) is 13.8 Å². The van der Waals surface area contributed by atoms with Crippen LogP contribution in [0.15, 0.2) is 24.5 Å². The SMILES string of the molecule is Cc1nn(C)c(C)c1C(=O)C(=O)Nc1cccnc1. The third kappa shape index (κ3) is 2.52. The van der Waals surface area contributed by atoms with Gasteiger partial charge in [0.1, 0.15) is 0 Å². The van der Waals surface area contributed by atoms with E-state index in [9.17, 15) is 9.59 Å². The van der Waals surface area contributed by atoms with Gasteiger partial charge in [-0.1, -0.05) is 0 Å². The third-order valence-corrected chi connectivity index (χ3v) is 2.86. The Bertz CT molecular complexity index is 632. The van der Waals surface area contributed by atoms with E-state index in [1.807, 2.05) is 0 Å². The predicted molar refractivity (Wildman–Crippen MR) is 69.9 cm³/mol. The minimum atomic E-state index is -0.688. The molecule has 0 bridgehead atoms. The Labute approximate surface area is 110 Å². The number of nitrogens with zero attached hydrogens (tertiary/aromatic N) is 3. The lowest BCUT2D eigenvalue weighted by Gasteiger charge is -2.04. The fourth-order valence-corrected chi connectivity index (χ4v) is 1.84. The molecule has 0 fully saturated rings. The minimum absolute atomic E-state index is 0.351. The van der Waals surface area contributed by atoms with E-state index in [1.54, 1.807) is 43.9 Å². The summed E-state index contributed by atoms with van der Waals surface area (Å²) in [5.74, 6) is -1.28. The summed E-state index contributed by atoms with van der Waals surface area (Å²) in [4.78, 5) is 27.9. The molecule has 2 rings (SSSR count). The Morgan fingerprint density at radius 3 is 2.58 bits per heavy atom. The number of anilines is 1. The van der Waals surface area contributed by atoms with Crippen LogP contribution in [0.1, 0.15) is 21.7 Å². The normalized spacial score (nSPS) is 10.3. The maximum absolute atomic E-state index is 12.1. The van der Waals surface area contributed by atoms with Crippen molar-refractivity contribution in [3.05, 3.63) is 41.5 Å². The number of rotatable bonds is 3. The minimum Gasteiger partial charge on any atom is -0.318 e. The highest BCUT2D eigenvalue weighted by molar-refractivity contribution is 6.47. The van der Waals surface area contributed by atoms with Gasteiger partial charge in [0.15, 0.2) is 0 Å². The van der Waals surface area contributed by atoms with Gasteiger partial charge in [-0.3, -0.25) is 19.3 Å². The van der Waals surface area contributed by atoms with Crippen molar-refractivity contribution in [3.8, 4) is 0 Å². The van der Waals surface area contributed by atoms with Crippen molar-refractivity contribution < 1.29 is 9.59 Å². The molecule has 0 aliphatic carbocycles. The van der Waals surface area contributed by atoms with E-state index in [0.717, 1.165) is 0 Å². The molecule has 2 heterocycles. The first-order valence-corrected chi connectivity index (χ1v) is 5.76. The van der Waals surface area contributed by atoms with Gasteiger partial charge in [-0.15, -0.1) is 0 Å². The Kier molecular flexibility index (Phi) is 3.41. The van der Waals surface area contributed by atoms with E-state index < -0.39 is 11.7 Å². The van der Waals surface area contributed by atoms with Crippen molar-refractivity contribution in [2.24, 2.45) is 7.05 Å². The summed E-state index contributed by atoms with van der Waals surface area (Å²) in [6.45, 7) is 3.46. The standard InChI is InChI=1S/C13H14N4O2/c1-8-11(9(2)17(3)16-8)12(18)13(19)15-10-5-4-6-14-7-10/h4-7H,1-3H3,(H,15,19). The lowest BCUT2D eigenvalue weighted by molar-refractivity contribution is -0.112. The number of aromatic nitrogens is 3. The van der Waals surface area contributed by atoms with Gasteiger partial charge < -0.3 is 5.32 Å². The van der Waals surface area contributed by atoms with Gasteiger partial charge in [0, 0.05) is 18.9 Å². The van der Waals surface area contributed by atoms with Crippen LogP contribution in [0.5, 0.6) is 0 Å². The zero-order chi connectivity index (χ0) is 14.0. The molecular formula is C13H14N4O2. The average molecular weight is 258 g/mol. The number of hydrogen-bond donors (Lipinski definition) is 1. The Morgan fingerprint density at radius 1 is 1.32 bits per heavy atom. The highest BCUT2D eigenvalue weighted by Gasteiger charge is 2.23. The van der Waals surface area contributed by atoms with Gasteiger partial charge in [0.05, 0.1) is 23.1 Å². The first kappa shape index (κ1) is 12.9. The Hall–Kier alpha value is -2.50. The monoisotopic (exact) mass is 258 g/mol. The third-order valence-electron chi connectivity index (χ3n) is 2.86.